The standard InChI is InChI=1S/C20H22Cl2N4OS/c1-4-8-28-13(2)24-19(16-6-5-7-17(21)20(16)22)10-15-9-18(25-27-15)14-11-23-26(3)12-14/h5-7,9,11-12,19,24H,2,4,8,10H2,1,3H3. The first-order valence-corrected chi connectivity index (χ1v) is 10.7. The van der Waals surface area contributed by atoms with Gasteiger partial charge < -0.3 is 9.84 Å². The van der Waals surface area contributed by atoms with Crippen molar-refractivity contribution in [2.75, 3.05) is 5.75 Å². The average molecular weight is 437 g/mol. The zero-order chi connectivity index (χ0) is 20.1. The van der Waals surface area contributed by atoms with Crippen LogP contribution in [0.5, 0.6) is 0 Å². The molecule has 0 aliphatic rings. The molecular weight excluding hydrogens is 415 g/mol. The van der Waals surface area contributed by atoms with Gasteiger partial charge in [0.2, 0.25) is 0 Å². The highest BCUT2D eigenvalue weighted by atomic mass is 35.5. The maximum absolute atomic E-state index is 6.48. The molecule has 2 heterocycles. The number of benzene rings is 1. The Morgan fingerprint density at radius 1 is 1.39 bits per heavy atom. The molecule has 3 rings (SSSR count). The van der Waals surface area contributed by atoms with Crippen molar-refractivity contribution in [2.45, 2.75) is 25.8 Å². The van der Waals surface area contributed by atoms with Gasteiger partial charge in [-0.1, -0.05) is 54.0 Å². The number of aryl methyl sites for hydroxylation is 1. The quantitative estimate of drug-likeness (QED) is 0.454. The summed E-state index contributed by atoms with van der Waals surface area (Å²) in [6.07, 6.45) is 5.28. The summed E-state index contributed by atoms with van der Waals surface area (Å²) in [4.78, 5) is 0. The molecular formula is C20H22Cl2N4OS. The second-order valence-electron chi connectivity index (χ2n) is 6.40. The van der Waals surface area contributed by atoms with E-state index in [4.69, 9.17) is 27.7 Å². The van der Waals surface area contributed by atoms with Gasteiger partial charge in [-0.2, -0.15) is 5.10 Å². The van der Waals surface area contributed by atoms with E-state index in [1.54, 1.807) is 28.7 Å². The molecule has 0 saturated carbocycles. The minimum atomic E-state index is -0.141. The number of hydrogen-bond acceptors (Lipinski definition) is 5. The van der Waals surface area contributed by atoms with Crippen molar-refractivity contribution in [3.8, 4) is 11.3 Å². The van der Waals surface area contributed by atoms with Crippen LogP contribution in [0.15, 0.2) is 52.8 Å². The van der Waals surface area contributed by atoms with Crippen molar-refractivity contribution >= 4 is 35.0 Å². The van der Waals surface area contributed by atoms with Gasteiger partial charge in [0, 0.05) is 31.3 Å². The predicted octanol–water partition coefficient (Wildman–Crippen LogP) is 5.87. The molecule has 2 aromatic heterocycles. The lowest BCUT2D eigenvalue weighted by Crippen LogP contribution is -2.21. The van der Waals surface area contributed by atoms with E-state index < -0.39 is 0 Å². The Kier molecular flexibility index (Phi) is 7.10. The summed E-state index contributed by atoms with van der Waals surface area (Å²) in [6, 6.07) is 7.41. The third-order valence-electron chi connectivity index (χ3n) is 4.14. The lowest BCUT2D eigenvalue weighted by molar-refractivity contribution is 0.371. The number of halogens is 2. The molecule has 0 fully saturated rings. The van der Waals surface area contributed by atoms with Gasteiger partial charge >= 0.3 is 0 Å². The lowest BCUT2D eigenvalue weighted by atomic mass is 10.0. The minimum absolute atomic E-state index is 0.141. The number of nitrogens with zero attached hydrogens (tertiary/aromatic N) is 3. The Balaban J connectivity index is 1.83. The van der Waals surface area contributed by atoms with Crippen molar-refractivity contribution < 1.29 is 4.52 Å². The van der Waals surface area contributed by atoms with E-state index in [0.717, 1.165) is 39.8 Å². The van der Waals surface area contributed by atoms with Crippen molar-refractivity contribution in [2.24, 2.45) is 7.05 Å². The molecule has 0 saturated heterocycles. The van der Waals surface area contributed by atoms with Crippen LogP contribution in [-0.2, 0) is 13.5 Å². The summed E-state index contributed by atoms with van der Waals surface area (Å²) in [5.41, 5.74) is 2.55. The largest absolute Gasteiger partial charge is 0.373 e. The van der Waals surface area contributed by atoms with E-state index in [1.807, 2.05) is 31.4 Å². The summed E-state index contributed by atoms with van der Waals surface area (Å²) in [6.45, 7) is 6.26. The van der Waals surface area contributed by atoms with Crippen molar-refractivity contribution in [1.82, 2.24) is 20.3 Å². The first-order chi connectivity index (χ1) is 13.5. The summed E-state index contributed by atoms with van der Waals surface area (Å²) in [7, 11) is 1.87. The van der Waals surface area contributed by atoms with E-state index in [1.165, 1.54) is 0 Å². The van der Waals surface area contributed by atoms with E-state index in [9.17, 15) is 0 Å². The highest BCUT2D eigenvalue weighted by Gasteiger charge is 2.20. The number of rotatable bonds is 9. The molecule has 8 heteroatoms. The number of hydrogen-bond donors (Lipinski definition) is 1. The van der Waals surface area contributed by atoms with Crippen molar-refractivity contribution in [3.63, 3.8) is 0 Å². The highest BCUT2D eigenvalue weighted by Crippen LogP contribution is 2.33. The van der Waals surface area contributed by atoms with E-state index in [0.29, 0.717) is 16.5 Å². The number of nitrogens with one attached hydrogen (secondary N) is 1. The average Bonchev–Trinajstić information content (AvgIpc) is 3.30. The molecule has 0 aliphatic heterocycles. The molecule has 28 heavy (non-hydrogen) atoms. The Bertz CT molecular complexity index is 953. The molecule has 0 radical (unpaired) electrons. The molecule has 0 aliphatic carbocycles. The normalized spacial score (nSPS) is 12.1. The number of thioether (sulfide) groups is 1. The van der Waals surface area contributed by atoms with Gasteiger partial charge in [-0.15, -0.1) is 11.8 Å². The van der Waals surface area contributed by atoms with Crippen LogP contribution in [0.2, 0.25) is 10.0 Å². The molecule has 0 spiro atoms. The van der Waals surface area contributed by atoms with Gasteiger partial charge in [0.05, 0.1) is 27.3 Å². The van der Waals surface area contributed by atoms with Gasteiger partial charge in [0.25, 0.3) is 0 Å². The molecule has 0 bridgehead atoms. The van der Waals surface area contributed by atoms with Gasteiger partial charge in [-0.05, 0) is 23.8 Å². The first-order valence-electron chi connectivity index (χ1n) is 8.94. The fraction of sp³-hybridized carbons (Fsp3) is 0.300. The maximum atomic E-state index is 6.48. The van der Waals surface area contributed by atoms with Crippen molar-refractivity contribution in [1.29, 1.82) is 0 Å². The molecule has 1 unspecified atom stereocenters. The first kappa shape index (κ1) is 20.8. The Labute approximate surface area is 179 Å². The zero-order valence-corrected chi connectivity index (χ0v) is 18.1. The van der Waals surface area contributed by atoms with Crippen molar-refractivity contribution in [3.05, 3.63) is 69.6 Å². The van der Waals surface area contributed by atoms with Gasteiger partial charge in [-0.3, -0.25) is 4.68 Å². The van der Waals surface area contributed by atoms with Crippen LogP contribution < -0.4 is 5.32 Å². The van der Waals surface area contributed by atoms with Crippen LogP contribution in [0, 0.1) is 0 Å². The summed E-state index contributed by atoms with van der Waals surface area (Å²) in [5, 5.41) is 13.7. The second kappa shape index (κ2) is 9.54. The van der Waals surface area contributed by atoms with E-state index in [2.05, 4.69) is 29.1 Å². The highest BCUT2D eigenvalue weighted by molar-refractivity contribution is 8.02. The fourth-order valence-electron chi connectivity index (χ4n) is 2.79. The Morgan fingerprint density at radius 3 is 2.93 bits per heavy atom. The van der Waals surface area contributed by atoms with Crippen LogP contribution in [0.3, 0.4) is 0 Å². The van der Waals surface area contributed by atoms with Gasteiger partial charge in [0.1, 0.15) is 11.5 Å². The zero-order valence-electron chi connectivity index (χ0n) is 15.8. The van der Waals surface area contributed by atoms with E-state index in [-0.39, 0.29) is 6.04 Å². The van der Waals surface area contributed by atoms with Crippen LogP contribution in [-0.4, -0.2) is 20.7 Å². The molecule has 148 valence electrons. The fourth-order valence-corrected chi connectivity index (χ4v) is 3.91. The Morgan fingerprint density at radius 2 is 2.21 bits per heavy atom. The van der Waals surface area contributed by atoms with Crippen LogP contribution in [0.4, 0.5) is 0 Å². The molecule has 1 aromatic carbocycles. The van der Waals surface area contributed by atoms with Crippen LogP contribution >= 0.6 is 35.0 Å². The second-order valence-corrected chi connectivity index (χ2v) is 8.37. The minimum Gasteiger partial charge on any atom is -0.373 e. The summed E-state index contributed by atoms with van der Waals surface area (Å²) in [5.74, 6) is 1.73. The molecule has 1 N–H and O–H groups in total. The topological polar surface area (TPSA) is 55.9 Å². The molecule has 1 atom stereocenters. The third-order valence-corrected chi connectivity index (χ3v) is 6.05. The van der Waals surface area contributed by atoms with Crippen LogP contribution in [0.1, 0.15) is 30.7 Å². The predicted molar refractivity (Wildman–Crippen MR) is 117 cm³/mol. The van der Waals surface area contributed by atoms with E-state index >= 15 is 0 Å². The monoisotopic (exact) mass is 436 g/mol. The lowest BCUT2D eigenvalue weighted by Gasteiger charge is -2.22. The van der Waals surface area contributed by atoms with Crippen LogP contribution in [0.25, 0.3) is 11.3 Å². The third kappa shape index (κ3) is 5.13. The summed E-state index contributed by atoms with van der Waals surface area (Å²) < 4.78 is 7.30. The SMILES string of the molecule is C=C(NC(Cc1cc(-c2cnn(C)c2)no1)c1cccc(Cl)c1Cl)SCCC. The smallest absolute Gasteiger partial charge is 0.139 e. The molecule has 3 aromatic rings. The molecule has 0 amide bonds. The number of aromatic nitrogens is 3. The van der Waals surface area contributed by atoms with Gasteiger partial charge in [0.15, 0.2) is 0 Å². The molecule has 5 nitrogen and oxygen atoms in total. The summed E-state index contributed by atoms with van der Waals surface area (Å²) >= 11 is 14.4. The maximum Gasteiger partial charge on any atom is 0.139 e. The Hall–Kier alpha value is -1.89. The van der Waals surface area contributed by atoms with Gasteiger partial charge in [-0.25, -0.2) is 0 Å².